The quantitative estimate of drug-likeness (QED) is 0.721. The van der Waals surface area contributed by atoms with E-state index >= 15 is 0 Å². The summed E-state index contributed by atoms with van der Waals surface area (Å²) in [6.07, 6.45) is 5.51. The summed E-state index contributed by atoms with van der Waals surface area (Å²) in [4.78, 5) is 28.0. The molecule has 2 unspecified atom stereocenters. The number of aliphatic hydroxyl groups excluding tert-OH is 1. The highest BCUT2D eigenvalue weighted by Crippen LogP contribution is 2.43. The van der Waals surface area contributed by atoms with E-state index in [1.54, 1.807) is 12.1 Å². The number of carbonyl (C=O) groups excluding carboxylic acids is 2. The Hall–Kier alpha value is -2.38. The van der Waals surface area contributed by atoms with Crippen LogP contribution in [0.3, 0.4) is 0 Å². The number of esters is 2. The standard InChI is InChI=1S/C25H32N2O5/c1-16-18(3-4-19-20(16)15-31-24(19)30)22(28)14-26-9-5-25(6-10-26)7-11-27(12-8-25)21-13-23(29)32-17(21)2/h3-4,13,17,22,28H,5-12,14-15H2,1-2H3. The minimum absolute atomic E-state index is 0.132. The number of hydrogen-bond donors (Lipinski definition) is 1. The molecular weight excluding hydrogens is 408 g/mol. The third kappa shape index (κ3) is 3.82. The molecule has 4 aliphatic rings. The van der Waals surface area contributed by atoms with Gasteiger partial charge in [-0.05, 0) is 75.2 Å². The van der Waals surface area contributed by atoms with Crippen LogP contribution in [0.5, 0.6) is 0 Å². The number of fused-ring (bicyclic) bond motifs is 1. The van der Waals surface area contributed by atoms with Crippen LogP contribution in [0.15, 0.2) is 23.9 Å². The Labute approximate surface area is 189 Å². The van der Waals surface area contributed by atoms with Crippen molar-refractivity contribution in [3.05, 3.63) is 46.2 Å². The van der Waals surface area contributed by atoms with Gasteiger partial charge in [0, 0.05) is 31.3 Å². The van der Waals surface area contributed by atoms with E-state index in [-0.39, 0.29) is 18.0 Å². The molecule has 1 N–H and O–H groups in total. The SMILES string of the molecule is Cc1c(C(O)CN2CCC3(CC2)CCN(C2=CC(=O)OC2C)CC3)ccc2c1COC2=O. The van der Waals surface area contributed by atoms with E-state index in [2.05, 4.69) is 9.80 Å². The maximum Gasteiger partial charge on any atom is 0.338 e. The molecular formula is C25H32N2O5. The van der Waals surface area contributed by atoms with Crippen LogP contribution in [0.1, 0.15) is 65.8 Å². The van der Waals surface area contributed by atoms with Gasteiger partial charge in [-0.3, -0.25) is 0 Å². The fourth-order valence-corrected chi connectivity index (χ4v) is 5.88. The van der Waals surface area contributed by atoms with Gasteiger partial charge in [-0.25, -0.2) is 9.59 Å². The number of nitrogens with zero attached hydrogens (tertiary/aromatic N) is 2. The van der Waals surface area contributed by atoms with Gasteiger partial charge in [-0.1, -0.05) is 6.07 Å². The van der Waals surface area contributed by atoms with Crippen LogP contribution >= 0.6 is 0 Å². The Morgan fingerprint density at radius 1 is 1.12 bits per heavy atom. The van der Waals surface area contributed by atoms with Gasteiger partial charge < -0.3 is 24.4 Å². The average Bonchev–Trinajstić information content (AvgIpc) is 3.32. The van der Waals surface area contributed by atoms with Gasteiger partial charge in [0.15, 0.2) is 0 Å². The highest BCUT2D eigenvalue weighted by molar-refractivity contribution is 5.94. The summed E-state index contributed by atoms with van der Waals surface area (Å²) in [6.45, 7) is 8.76. The number of rotatable bonds is 4. The molecule has 5 rings (SSSR count). The van der Waals surface area contributed by atoms with E-state index in [0.29, 0.717) is 24.1 Å². The molecule has 0 saturated carbocycles. The zero-order chi connectivity index (χ0) is 22.5. The lowest BCUT2D eigenvalue weighted by molar-refractivity contribution is -0.138. The summed E-state index contributed by atoms with van der Waals surface area (Å²) in [6, 6.07) is 3.66. The van der Waals surface area contributed by atoms with E-state index in [0.717, 1.165) is 74.2 Å². The minimum Gasteiger partial charge on any atom is -0.457 e. The maximum absolute atomic E-state index is 11.8. The fraction of sp³-hybridized carbons (Fsp3) is 0.600. The molecule has 0 aliphatic carbocycles. The number of cyclic esters (lactones) is 2. The van der Waals surface area contributed by atoms with E-state index in [9.17, 15) is 14.7 Å². The molecule has 1 aromatic carbocycles. The number of hydrogen-bond acceptors (Lipinski definition) is 7. The van der Waals surface area contributed by atoms with Gasteiger partial charge in [0.1, 0.15) is 12.7 Å². The van der Waals surface area contributed by atoms with Gasteiger partial charge in [0.25, 0.3) is 0 Å². The summed E-state index contributed by atoms with van der Waals surface area (Å²) in [5.41, 5.74) is 4.80. The van der Waals surface area contributed by atoms with Gasteiger partial charge in [0.05, 0.1) is 17.4 Å². The molecule has 32 heavy (non-hydrogen) atoms. The molecule has 1 spiro atoms. The average molecular weight is 441 g/mol. The third-order valence-electron chi connectivity index (χ3n) is 8.08. The zero-order valence-electron chi connectivity index (χ0n) is 18.9. The van der Waals surface area contributed by atoms with E-state index in [1.807, 2.05) is 19.9 Å². The van der Waals surface area contributed by atoms with Crippen LogP contribution in [-0.4, -0.2) is 65.7 Å². The predicted molar refractivity (Wildman–Crippen MR) is 118 cm³/mol. The summed E-state index contributed by atoms with van der Waals surface area (Å²) in [5.74, 6) is -0.494. The topological polar surface area (TPSA) is 79.3 Å². The van der Waals surface area contributed by atoms with Crippen LogP contribution in [0.25, 0.3) is 0 Å². The molecule has 0 amide bonds. The molecule has 2 fully saturated rings. The lowest BCUT2D eigenvalue weighted by Gasteiger charge is -2.48. The number of likely N-dealkylation sites (tertiary alicyclic amines) is 2. The lowest BCUT2D eigenvalue weighted by Crippen LogP contribution is -2.47. The number of piperidine rings is 2. The van der Waals surface area contributed by atoms with Gasteiger partial charge in [0.2, 0.25) is 0 Å². The first-order chi connectivity index (χ1) is 15.3. The number of ether oxygens (including phenoxy) is 2. The van der Waals surface area contributed by atoms with Crippen molar-refractivity contribution < 1.29 is 24.2 Å². The maximum atomic E-state index is 11.8. The molecule has 4 aliphatic heterocycles. The Kier molecular flexibility index (Phi) is 5.50. The third-order valence-corrected chi connectivity index (χ3v) is 8.08. The summed E-state index contributed by atoms with van der Waals surface area (Å²) >= 11 is 0. The number of carbonyl (C=O) groups is 2. The molecule has 172 valence electrons. The zero-order valence-corrected chi connectivity index (χ0v) is 18.9. The van der Waals surface area contributed by atoms with Crippen molar-refractivity contribution in [3.63, 3.8) is 0 Å². The van der Waals surface area contributed by atoms with Gasteiger partial charge >= 0.3 is 11.9 Å². The van der Waals surface area contributed by atoms with Crippen molar-refractivity contribution in [1.82, 2.24) is 9.80 Å². The second kappa shape index (κ2) is 8.19. The van der Waals surface area contributed by atoms with Crippen LogP contribution in [0.2, 0.25) is 0 Å². The van der Waals surface area contributed by atoms with Crippen LogP contribution in [0, 0.1) is 12.3 Å². The molecule has 2 atom stereocenters. The monoisotopic (exact) mass is 440 g/mol. The Balaban J connectivity index is 1.15. The summed E-state index contributed by atoms with van der Waals surface area (Å²) in [7, 11) is 0. The molecule has 1 aromatic rings. The van der Waals surface area contributed by atoms with Crippen LogP contribution in [0.4, 0.5) is 0 Å². The Morgan fingerprint density at radius 2 is 1.81 bits per heavy atom. The van der Waals surface area contributed by atoms with Crippen LogP contribution < -0.4 is 0 Å². The smallest absolute Gasteiger partial charge is 0.338 e. The second-order valence-corrected chi connectivity index (χ2v) is 9.83. The molecule has 2 saturated heterocycles. The molecule has 0 radical (unpaired) electrons. The van der Waals surface area contributed by atoms with E-state index < -0.39 is 6.10 Å². The summed E-state index contributed by atoms with van der Waals surface area (Å²) in [5, 5.41) is 10.9. The number of benzene rings is 1. The van der Waals surface area contributed by atoms with Gasteiger partial charge in [-0.2, -0.15) is 0 Å². The lowest BCUT2D eigenvalue weighted by atomic mass is 9.71. The Bertz CT molecular complexity index is 953. The van der Waals surface area contributed by atoms with Crippen molar-refractivity contribution in [2.24, 2.45) is 5.41 Å². The van der Waals surface area contributed by atoms with Crippen molar-refractivity contribution in [3.8, 4) is 0 Å². The highest BCUT2D eigenvalue weighted by Gasteiger charge is 2.40. The number of aliphatic hydroxyl groups is 1. The normalized spacial score (nSPS) is 26.0. The summed E-state index contributed by atoms with van der Waals surface area (Å²) < 4.78 is 10.4. The van der Waals surface area contributed by atoms with Crippen molar-refractivity contribution in [1.29, 1.82) is 0 Å². The predicted octanol–water partition coefficient (Wildman–Crippen LogP) is 2.71. The first-order valence-electron chi connectivity index (χ1n) is 11.7. The van der Waals surface area contributed by atoms with E-state index in [1.165, 1.54) is 0 Å². The largest absolute Gasteiger partial charge is 0.457 e. The molecule has 7 heteroatoms. The highest BCUT2D eigenvalue weighted by atomic mass is 16.5. The first-order valence-corrected chi connectivity index (χ1v) is 11.7. The molecule has 0 bridgehead atoms. The second-order valence-electron chi connectivity index (χ2n) is 9.83. The van der Waals surface area contributed by atoms with Crippen molar-refractivity contribution in [2.45, 2.75) is 58.3 Å². The Morgan fingerprint density at radius 3 is 2.47 bits per heavy atom. The van der Waals surface area contributed by atoms with Crippen LogP contribution in [-0.2, 0) is 20.9 Å². The first kappa shape index (κ1) is 21.5. The van der Waals surface area contributed by atoms with Crippen molar-refractivity contribution >= 4 is 11.9 Å². The molecule has 0 aromatic heterocycles. The minimum atomic E-state index is -0.569. The molecule has 7 nitrogen and oxygen atoms in total. The van der Waals surface area contributed by atoms with Gasteiger partial charge in [-0.15, -0.1) is 0 Å². The fourth-order valence-electron chi connectivity index (χ4n) is 5.88. The number of β-amino-alcohol motifs (C(OH)–C–C–N with tert-alkyl or cyclic N) is 1. The van der Waals surface area contributed by atoms with E-state index in [4.69, 9.17) is 9.47 Å². The van der Waals surface area contributed by atoms with Crippen molar-refractivity contribution in [2.75, 3.05) is 32.7 Å². The molecule has 4 heterocycles.